The number of nitrogens with one attached hydrogen (secondary N) is 1. The van der Waals surface area contributed by atoms with E-state index in [4.69, 9.17) is 10.3 Å². The van der Waals surface area contributed by atoms with Crippen LogP contribution >= 0.6 is 0 Å². The second-order valence-corrected chi connectivity index (χ2v) is 9.40. The second-order valence-electron chi connectivity index (χ2n) is 9.40. The Kier molecular flexibility index (Phi) is 5.00. The summed E-state index contributed by atoms with van der Waals surface area (Å²) in [7, 11) is 0. The number of halogens is 5. The molecule has 0 radical (unpaired) electrons. The molecule has 1 atom stereocenters. The Hall–Kier alpha value is -4.24. The summed E-state index contributed by atoms with van der Waals surface area (Å²) in [6, 6.07) is 0. The molecule has 0 saturated heterocycles. The SMILES string of the molecule is CC1(c2noc(C3CC3)n2)C(=O)Nc2nc(-c3cn4ccnc4c(CCC(F)(F)C(F)(F)F)n3)nc(N)c21. The molecule has 4 aromatic rings. The van der Waals surface area contributed by atoms with E-state index in [0.29, 0.717) is 5.89 Å². The Morgan fingerprint density at radius 2 is 1.95 bits per heavy atom. The first-order valence-electron chi connectivity index (χ1n) is 11.5. The lowest BCUT2D eigenvalue weighted by Crippen LogP contribution is -2.36. The molecule has 11 nitrogen and oxygen atoms in total. The molecule has 6 rings (SSSR count). The molecule has 38 heavy (non-hydrogen) atoms. The van der Waals surface area contributed by atoms with E-state index in [0.717, 1.165) is 12.8 Å². The topological polar surface area (TPSA) is 150 Å². The van der Waals surface area contributed by atoms with Crippen molar-refractivity contribution < 1.29 is 31.3 Å². The Bertz CT molecular complexity index is 1590. The number of hydrogen-bond acceptors (Lipinski definition) is 9. The third kappa shape index (κ3) is 3.65. The summed E-state index contributed by atoms with van der Waals surface area (Å²) in [6.45, 7) is 1.56. The van der Waals surface area contributed by atoms with Gasteiger partial charge in [0.05, 0.1) is 11.3 Å². The summed E-state index contributed by atoms with van der Waals surface area (Å²) in [5.74, 6) is -4.85. The van der Waals surface area contributed by atoms with Crippen molar-refractivity contribution in [3.8, 4) is 11.5 Å². The van der Waals surface area contributed by atoms with Crippen molar-refractivity contribution in [2.24, 2.45) is 0 Å². The highest BCUT2D eigenvalue weighted by atomic mass is 19.4. The van der Waals surface area contributed by atoms with Crippen LogP contribution in [0.15, 0.2) is 23.1 Å². The van der Waals surface area contributed by atoms with E-state index >= 15 is 0 Å². The molecule has 2 aliphatic rings. The van der Waals surface area contributed by atoms with E-state index < -0.39 is 36.3 Å². The number of rotatable bonds is 6. The minimum atomic E-state index is -5.70. The van der Waals surface area contributed by atoms with Crippen molar-refractivity contribution in [2.45, 2.75) is 56.0 Å². The molecule has 16 heteroatoms. The van der Waals surface area contributed by atoms with E-state index in [1.54, 1.807) is 6.92 Å². The van der Waals surface area contributed by atoms with Gasteiger partial charge in [0.2, 0.25) is 11.8 Å². The van der Waals surface area contributed by atoms with Crippen molar-refractivity contribution in [1.82, 2.24) is 34.5 Å². The first-order valence-corrected chi connectivity index (χ1v) is 11.5. The highest BCUT2D eigenvalue weighted by Crippen LogP contribution is 2.46. The molecule has 1 aliphatic carbocycles. The fourth-order valence-electron chi connectivity index (χ4n) is 4.36. The number of anilines is 2. The molecular weight excluding hydrogens is 517 g/mol. The monoisotopic (exact) mass is 535 g/mol. The number of aromatic nitrogens is 7. The minimum Gasteiger partial charge on any atom is -0.383 e. The molecule has 3 N–H and O–H groups in total. The van der Waals surface area contributed by atoms with Crippen LogP contribution in [0.4, 0.5) is 33.6 Å². The molecule has 0 spiro atoms. The number of carbonyl (C=O) groups is 1. The molecule has 1 saturated carbocycles. The molecule has 1 unspecified atom stereocenters. The fraction of sp³-hybridized carbons (Fsp3) is 0.409. The van der Waals surface area contributed by atoms with Gasteiger partial charge < -0.3 is 20.0 Å². The normalized spacial score (nSPS) is 19.7. The Morgan fingerprint density at radius 1 is 1.18 bits per heavy atom. The van der Waals surface area contributed by atoms with Crippen molar-refractivity contribution in [2.75, 3.05) is 11.1 Å². The Labute approximate surface area is 209 Å². The Morgan fingerprint density at radius 3 is 2.66 bits per heavy atom. The van der Waals surface area contributed by atoms with Gasteiger partial charge in [-0.1, -0.05) is 5.16 Å². The van der Waals surface area contributed by atoms with Gasteiger partial charge in [0, 0.05) is 30.9 Å². The smallest absolute Gasteiger partial charge is 0.383 e. The number of hydrogen-bond donors (Lipinski definition) is 2. The highest BCUT2D eigenvalue weighted by Gasteiger charge is 2.57. The molecule has 198 valence electrons. The summed E-state index contributed by atoms with van der Waals surface area (Å²) < 4.78 is 72.0. The lowest BCUT2D eigenvalue weighted by Gasteiger charge is -2.19. The molecule has 5 heterocycles. The molecular formula is C22H18F5N9O2. The zero-order valence-electron chi connectivity index (χ0n) is 19.6. The number of nitrogens with zero attached hydrogens (tertiary/aromatic N) is 7. The second kappa shape index (κ2) is 7.88. The van der Waals surface area contributed by atoms with Gasteiger partial charge in [-0.15, -0.1) is 0 Å². The van der Waals surface area contributed by atoms with Gasteiger partial charge >= 0.3 is 12.1 Å². The predicted octanol–water partition coefficient (Wildman–Crippen LogP) is 3.42. The summed E-state index contributed by atoms with van der Waals surface area (Å²) >= 11 is 0. The lowest BCUT2D eigenvalue weighted by atomic mass is 9.83. The molecule has 1 fully saturated rings. The molecule has 0 bridgehead atoms. The number of alkyl halides is 5. The number of nitrogens with two attached hydrogens (primary N) is 1. The van der Waals surface area contributed by atoms with Crippen molar-refractivity contribution in [3.63, 3.8) is 0 Å². The first-order chi connectivity index (χ1) is 17.9. The maximum Gasteiger partial charge on any atom is 0.453 e. The van der Waals surface area contributed by atoms with Crippen LogP contribution in [0.1, 0.15) is 55.1 Å². The van der Waals surface area contributed by atoms with Gasteiger partial charge in [-0.2, -0.15) is 26.9 Å². The van der Waals surface area contributed by atoms with E-state index in [9.17, 15) is 26.7 Å². The third-order valence-corrected chi connectivity index (χ3v) is 6.70. The number of fused-ring (bicyclic) bond motifs is 2. The van der Waals surface area contributed by atoms with Crippen molar-refractivity contribution in [3.05, 3.63) is 41.6 Å². The van der Waals surface area contributed by atoms with E-state index in [-0.39, 0.29) is 51.8 Å². The molecule has 0 aromatic carbocycles. The minimum absolute atomic E-state index is 0.0220. The quantitative estimate of drug-likeness (QED) is 0.354. The van der Waals surface area contributed by atoms with Crippen molar-refractivity contribution in [1.29, 1.82) is 0 Å². The van der Waals surface area contributed by atoms with Crippen LogP contribution in [0.3, 0.4) is 0 Å². The maximum atomic E-state index is 13.6. The fourth-order valence-corrected chi connectivity index (χ4v) is 4.36. The number of amides is 1. The van der Waals surface area contributed by atoms with Gasteiger partial charge in [-0.25, -0.2) is 19.9 Å². The average molecular weight is 535 g/mol. The molecule has 4 aromatic heterocycles. The zero-order valence-corrected chi connectivity index (χ0v) is 19.6. The summed E-state index contributed by atoms with van der Waals surface area (Å²) in [4.78, 5) is 34.3. The van der Waals surface area contributed by atoms with Crippen molar-refractivity contribution >= 4 is 23.2 Å². The third-order valence-electron chi connectivity index (χ3n) is 6.70. The van der Waals surface area contributed by atoms with Crippen LogP contribution in [0, 0.1) is 0 Å². The number of nitrogen functional groups attached to an aromatic ring is 1. The van der Waals surface area contributed by atoms with E-state index in [1.807, 2.05) is 0 Å². The maximum absolute atomic E-state index is 13.6. The average Bonchev–Trinajstić information content (AvgIpc) is 3.26. The zero-order chi connectivity index (χ0) is 27.0. The van der Waals surface area contributed by atoms with Gasteiger partial charge in [-0.05, 0) is 26.2 Å². The van der Waals surface area contributed by atoms with Crippen LogP contribution in [0.2, 0.25) is 0 Å². The standard InChI is InChI=1S/C22H18F5N9O2/c1-20(18-34-17(38-35-18)9-2-3-9)12-13(28)31-14(32-15(12)33-19(20)37)11-8-36-7-6-29-16(36)10(30-11)4-5-21(23,24)22(25,26)27/h6-9H,2-5H2,1H3,(H3,28,31,32,33,37). The van der Waals surface area contributed by atoms with Gasteiger partial charge in [0.1, 0.15) is 22.7 Å². The molecule has 1 aliphatic heterocycles. The number of imidazole rings is 1. The Balaban J connectivity index is 1.39. The first kappa shape index (κ1) is 24.1. The van der Waals surface area contributed by atoms with E-state index in [1.165, 1.54) is 23.0 Å². The summed E-state index contributed by atoms with van der Waals surface area (Å²) in [5.41, 5.74) is 5.05. The highest BCUT2D eigenvalue weighted by molar-refractivity contribution is 6.08. The van der Waals surface area contributed by atoms with Crippen LogP contribution in [0.25, 0.3) is 17.2 Å². The predicted molar refractivity (Wildman–Crippen MR) is 119 cm³/mol. The largest absolute Gasteiger partial charge is 0.453 e. The van der Waals surface area contributed by atoms with Crippen LogP contribution < -0.4 is 11.1 Å². The molecule has 1 amide bonds. The van der Waals surface area contributed by atoms with Crippen LogP contribution in [-0.4, -0.2) is 52.5 Å². The van der Waals surface area contributed by atoms with Gasteiger partial charge in [0.25, 0.3) is 0 Å². The van der Waals surface area contributed by atoms with Crippen LogP contribution in [0.5, 0.6) is 0 Å². The lowest BCUT2D eigenvalue weighted by molar-refractivity contribution is -0.284. The van der Waals surface area contributed by atoms with E-state index in [2.05, 4.69) is 35.4 Å². The number of aryl methyl sites for hydroxylation is 1. The van der Waals surface area contributed by atoms with Gasteiger partial charge in [-0.3, -0.25) is 4.79 Å². The summed E-state index contributed by atoms with van der Waals surface area (Å²) in [6.07, 6.45) is -1.88. The number of carbonyl (C=O) groups excluding carboxylic acids is 1. The van der Waals surface area contributed by atoms with Gasteiger partial charge in [0.15, 0.2) is 17.3 Å². The summed E-state index contributed by atoms with van der Waals surface area (Å²) in [5, 5.41) is 6.61. The van der Waals surface area contributed by atoms with Crippen LogP contribution in [-0.2, 0) is 16.6 Å².